The number of aromatic nitrogens is 2. The molecule has 55 heavy (non-hydrogen) atoms. The van der Waals surface area contributed by atoms with E-state index in [4.69, 9.17) is 9.40 Å². The first-order chi connectivity index (χ1) is 27.3. The molecule has 9 aromatic carbocycles. The van der Waals surface area contributed by atoms with Gasteiger partial charge in [-0.15, -0.1) is 0 Å². The molecule has 0 saturated heterocycles. The van der Waals surface area contributed by atoms with Crippen molar-refractivity contribution in [3.63, 3.8) is 0 Å². The molecule has 2 heterocycles. The van der Waals surface area contributed by atoms with Crippen LogP contribution < -0.4 is 4.90 Å². The van der Waals surface area contributed by atoms with E-state index in [1.807, 2.05) is 36.4 Å². The number of para-hydroxylation sites is 1. The molecule has 0 spiro atoms. The second-order valence-electron chi connectivity index (χ2n) is 14.0. The molecular formula is C51H33N3O. The molecular weight excluding hydrogens is 671 g/mol. The highest BCUT2D eigenvalue weighted by atomic mass is 16.3. The zero-order valence-electron chi connectivity index (χ0n) is 29.8. The summed E-state index contributed by atoms with van der Waals surface area (Å²) in [6, 6.07) is 71.2. The molecule has 0 atom stereocenters. The lowest BCUT2D eigenvalue weighted by Crippen LogP contribution is -2.10. The molecule has 0 aliphatic rings. The monoisotopic (exact) mass is 703 g/mol. The fourth-order valence-corrected chi connectivity index (χ4v) is 8.21. The van der Waals surface area contributed by atoms with Gasteiger partial charge in [0.25, 0.3) is 0 Å². The van der Waals surface area contributed by atoms with Crippen LogP contribution in [0.3, 0.4) is 0 Å². The summed E-state index contributed by atoms with van der Waals surface area (Å²) < 4.78 is 8.65. The first-order valence-corrected chi connectivity index (χ1v) is 18.6. The maximum atomic E-state index is 6.24. The van der Waals surface area contributed by atoms with Crippen molar-refractivity contribution in [3.8, 4) is 28.3 Å². The lowest BCUT2D eigenvalue weighted by molar-refractivity contribution is 0.620. The summed E-state index contributed by atoms with van der Waals surface area (Å²) in [4.78, 5) is 7.14. The van der Waals surface area contributed by atoms with E-state index in [-0.39, 0.29) is 0 Å². The third-order valence-electron chi connectivity index (χ3n) is 10.8. The quantitative estimate of drug-likeness (QED) is 0.173. The molecule has 0 amide bonds. The van der Waals surface area contributed by atoms with Gasteiger partial charge in [0.05, 0.1) is 16.7 Å². The minimum atomic E-state index is 0.630. The number of oxazole rings is 1. The molecule has 11 aromatic rings. The van der Waals surface area contributed by atoms with Crippen molar-refractivity contribution in [1.29, 1.82) is 0 Å². The minimum absolute atomic E-state index is 0.630. The predicted molar refractivity (Wildman–Crippen MR) is 229 cm³/mol. The van der Waals surface area contributed by atoms with E-state index in [1.54, 1.807) is 0 Å². The molecule has 0 aliphatic carbocycles. The zero-order chi connectivity index (χ0) is 36.3. The molecule has 258 valence electrons. The van der Waals surface area contributed by atoms with Gasteiger partial charge >= 0.3 is 0 Å². The Kier molecular flexibility index (Phi) is 7.14. The van der Waals surface area contributed by atoms with Gasteiger partial charge in [0.2, 0.25) is 5.89 Å². The molecule has 2 aromatic heterocycles. The summed E-state index contributed by atoms with van der Waals surface area (Å²) in [5, 5.41) is 7.38. The first kappa shape index (κ1) is 31.1. The van der Waals surface area contributed by atoms with Crippen LogP contribution in [0.2, 0.25) is 0 Å². The summed E-state index contributed by atoms with van der Waals surface area (Å²) in [5.41, 5.74) is 11.5. The molecule has 4 nitrogen and oxygen atoms in total. The van der Waals surface area contributed by atoms with E-state index in [9.17, 15) is 0 Å². The van der Waals surface area contributed by atoms with Gasteiger partial charge in [-0.05, 0) is 100 Å². The Bertz CT molecular complexity index is 3190. The Labute approximate surface area is 317 Å². The van der Waals surface area contributed by atoms with Crippen LogP contribution >= 0.6 is 0 Å². The van der Waals surface area contributed by atoms with Crippen LogP contribution in [0.4, 0.5) is 17.1 Å². The van der Waals surface area contributed by atoms with Crippen molar-refractivity contribution in [2.24, 2.45) is 0 Å². The number of benzene rings is 9. The summed E-state index contributed by atoms with van der Waals surface area (Å²) in [6.07, 6.45) is 0. The Morgan fingerprint density at radius 2 is 1.11 bits per heavy atom. The fraction of sp³-hybridized carbons (Fsp3) is 0. The summed E-state index contributed by atoms with van der Waals surface area (Å²) >= 11 is 0. The lowest BCUT2D eigenvalue weighted by atomic mass is 10.0. The number of anilines is 3. The Hall–Kier alpha value is -7.43. The summed E-state index contributed by atoms with van der Waals surface area (Å²) in [5.74, 6) is 0.630. The first-order valence-electron chi connectivity index (χ1n) is 18.6. The molecule has 11 rings (SSSR count). The van der Waals surface area contributed by atoms with Crippen LogP contribution in [0, 0.1) is 0 Å². The van der Waals surface area contributed by atoms with Crippen molar-refractivity contribution in [2.45, 2.75) is 0 Å². The zero-order valence-corrected chi connectivity index (χ0v) is 29.8. The van der Waals surface area contributed by atoms with Gasteiger partial charge in [0.1, 0.15) is 5.52 Å². The van der Waals surface area contributed by atoms with E-state index in [0.717, 1.165) is 56.1 Å². The predicted octanol–water partition coefficient (Wildman–Crippen LogP) is 14.0. The standard InChI is InChI=1S/C51H33N3O/c1-3-14-37(15-4-1)51-52-45-30-24-38(32-49(45)55-51)34-22-26-40(27-23-34)53(46-21-11-16-35-12-7-9-19-42(35)46)41-28-29-44-48(33-41)54(39-17-5-2-6-18-39)47-31-25-36-13-8-10-20-43(36)50(44)47/h1-33H. The number of hydrogen-bond acceptors (Lipinski definition) is 3. The van der Waals surface area contributed by atoms with Crippen molar-refractivity contribution in [1.82, 2.24) is 9.55 Å². The second kappa shape index (κ2) is 12.6. The van der Waals surface area contributed by atoms with Crippen LogP contribution in [0.1, 0.15) is 0 Å². The van der Waals surface area contributed by atoms with E-state index < -0.39 is 0 Å². The molecule has 0 unspecified atom stereocenters. The summed E-state index contributed by atoms with van der Waals surface area (Å²) in [6.45, 7) is 0. The van der Waals surface area contributed by atoms with Gasteiger partial charge in [-0.2, -0.15) is 0 Å². The largest absolute Gasteiger partial charge is 0.436 e. The summed E-state index contributed by atoms with van der Waals surface area (Å²) in [7, 11) is 0. The van der Waals surface area contributed by atoms with Crippen LogP contribution in [0.25, 0.3) is 82.7 Å². The molecule has 0 fully saturated rings. The maximum Gasteiger partial charge on any atom is 0.227 e. The third kappa shape index (κ3) is 5.19. The normalized spacial score (nSPS) is 11.6. The molecule has 0 bridgehead atoms. The highest BCUT2D eigenvalue weighted by Crippen LogP contribution is 2.43. The van der Waals surface area contributed by atoms with Crippen LogP contribution in [0.5, 0.6) is 0 Å². The van der Waals surface area contributed by atoms with Crippen molar-refractivity contribution in [3.05, 3.63) is 200 Å². The van der Waals surface area contributed by atoms with Gasteiger partial charge in [0.15, 0.2) is 5.58 Å². The van der Waals surface area contributed by atoms with E-state index >= 15 is 0 Å². The number of fused-ring (bicyclic) bond motifs is 7. The maximum absolute atomic E-state index is 6.24. The molecule has 0 radical (unpaired) electrons. The number of nitrogens with zero attached hydrogens (tertiary/aromatic N) is 3. The third-order valence-corrected chi connectivity index (χ3v) is 10.8. The second-order valence-corrected chi connectivity index (χ2v) is 14.0. The van der Waals surface area contributed by atoms with E-state index in [2.05, 4.69) is 173 Å². The number of hydrogen-bond donors (Lipinski definition) is 0. The van der Waals surface area contributed by atoms with E-state index in [0.29, 0.717) is 5.89 Å². The number of rotatable bonds is 6. The lowest BCUT2D eigenvalue weighted by Gasteiger charge is -2.27. The minimum Gasteiger partial charge on any atom is -0.436 e. The highest BCUT2D eigenvalue weighted by Gasteiger charge is 2.20. The van der Waals surface area contributed by atoms with Gasteiger partial charge in [-0.1, -0.05) is 127 Å². The topological polar surface area (TPSA) is 34.2 Å². The molecule has 0 aliphatic heterocycles. The Morgan fingerprint density at radius 3 is 1.93 bits per heavy atom. The molecule has 4 heteroatoms. The van der Waals surface area contributed by atoms with Gasteiger partial charge in [0, 0.05) is 38.8 Å². The Balaban J connectivity index is 1.08. The van der Waals surface area contributed by atoms with Crippen LogP contribution in [0.15, 0.2) is 205 Å². The SMILES string of the molecule is c1ccc(-c2nc3ccc(-c4ccc(N(c5ccc6c7c8ccccc8ccc7n(-c7ccccc7)c6c5)c5cccc6ccccc56)cc4)cc3o2)cc1. The average molecular weight is 704 g/mol. The van der Waals surface area contributed by atoms with E-state index in [1.165, 1.54) is 37.8 Å². The van der Waals surface area contributed by atoms with Gasteiger partial charge < -0.3 is 13.9 Å². The molecule has 0 saturated carbocycles. The van der Waals surface area contributed by atoms with Crippen molar-refractivity contribution < 1.29 is 4.42 Å². The Morgan fingerprint density at radius 1 is 0.436 bits per heavy atom. The van der Waals surface area contributed by atoms with Crippen molar-refractivity contribution >= 4 is 71.5 Å². The van der Waals surface area contributed by atoms with Crippen LogP contribution in [-0.4, -0.2) is 9.55 Å². The van der Waals surface area contributed by atoms with Crippen molar-refractivity contribution in [2.75, 3.05) is 4.90 Å². The smallest absolute Gasteiger partial charge is 0.227 e. The van der Waals surface area contributed by atoms with Gasteiger partial charge in [-0.3, -0.25) is 0 Å². The van der Waals surface area contributed by atoms with Gasteiger partial charge in [-0.25, -0.2) is 4.98 Å². The van der Waals surface area contributed by atoms with Crippen LogP contribution in [-0.2, 0) is 0 Å². The fourth-order valence-electron chi connectivity index (χ4n) is 8.21. The highest BCUT2D eigenvalue weighted by molar-refractivity contribution is 6.22. The average Bonchev–Trinajstić information content (AvgIpc) is 3.84. The molecule has 0 N–H and O–H groups in total.